The summed E-state index contributed by atoms with van der Waals surface area (Å²) in [7, 11) is -1.83. The topological polar surface area (TPSA) is 35.2 Å². The van der Waals surface area contributed by atoms with E-state index < -0.39 is 8.32 Å². The van der Waals surface area contributed by atoms with Gasteiger partial charge in [0.15, 0.2) is 0 Å². The van der Waals surface area contributed by atoms with Gasteiger partial charge in [-0.2, -0.15) is 0 Å². The zero-order valence-electron chi connectivity index (χ0n) is 19.2. The first-order valence-corrected chi connectivity index (χ1v) is 14.1. The lowest BCUT2D eigenvalue weighted by Gasteiger charge is -2.36. The maximum atomic E-state index is 6.51. The van der Waals surface area contributed by atoms with Crippen LogP contribution in [-0.2, 0) is 6.42 Å². The van der Waals surface area contributed by atoms with E-state index in [9.17, 15) is 0 Å². The molecule has 3 rings (SSSR count). The van der Waals surface area contributed by atoms with Crippen LogP contribution in [0.15, 0.2) is 66.7 Å². The molecule has 3 aromatic rings. The minimum Gasteiger partial charge on any atom is -0.543 e. The van der Waals surface area contributed by atoms with Crippen molar-refractivity contribution in [2.45, 2.75) is 64.1 Å². The third kappa shape index (κ3) is 5.53. The molecule has 2 nitrogen and oxygen atoms in total. The van der Waals surface area contributed by atoms with Crippen LogP contribution in [0.2, 0.25) is 18.1 Å². The first-order chi connectivity index (χ1) is 14.2. The zero-order valence-corrected chi connectivity index (χ0v) is 20.2. The van der Waals surface area contributed by atoms with Gasteiger partial charge in [-0.15, -0.1) is 0 Å². The van der Waals surface area contributed by atoms with Crippen molar-refractivity contribution in [1.82, 2.24) is 0 Å². The first kappa shape index (κ1) is 22.6. The van der Waals surface area contributed by atoms with E-state index in [0.29, 0.717) is 5.92 Å². The summed E-state index contributed by atoms with van der Waals surface area (Å²) in [5.74, 6) is 1.48. The van der Waals surface area contributed by atoms with Crippen LogP contribution in [0.4, 0.5) is 0 Å². The predicted molar refractivity (Wildman–Crippen MR) is 133 cm³/mol. The first-order valence-electron chi connectivity index (χ1n) is 11.2. The van der Waals surface area contributed by atoms with E-state index in [1.165, 1.54) is 21.9 Å². The zero-order chi connectivity index (χ0) is 21.8. The van der Waals surface area contributed by atoms with Crippen molar-refractivity contribution in [3.63, 3.8) is 0 Å². The van der Waals surface area contributed by atoms with E-state index in [2.05, 4.69) is 101 Å². The van der Waals surface area contributed by atoms with Crippen molar-refractivity contribution in [2.75, 3.05) is 6.54 Å². The van der Waals surface area contributed by atoms with Crippen molar-refractivity contribution in [2.24, 2.45) is 5.73 Å². The van der Waals surface area contributed by atoms with E-state index in [0.717, 1.165) is 31.6 Å². The Hall–Kier alpha value is -2.10. The Bertz CT molecular complexity index is 960. The Morgan fingerprint density at radius 2 is 1.57 bits per heavy atom. The molecule has 2 N–H and O–H groups in total. The van der Waals surface area contributed by atoms with E-state index in [-0.39, 0.29) is 5.04 Å². The van der Waals surface area contributed by atoms with Gasteiger partial charge in [0.25, 0.3) is 0 Å². The van der Waals surface area contributed by atoms with Gasteiger partial charge in [-0.05, 0) is 83.9 Å². The van der Waals surface area contributed by atoms with Gasteiger partial charge in [-0.1, -0.05) is 75.4 Å². The lowest BCUT2D eigenvalue weighted by molar-refractivity contribution is 0.493. The maximum Gasteiger partial charge on any atom is 0.250 e. The summed E-state index contributed by atoms with van der Waals surface area (Å²) in [5.41, 5.74) is 8.61. The minimum atomic E-state index is -1.83. The Morgan fingerprint density at radius 3 is 2.23 bits per heavy atom. The van der Waals surface area contributed by atoms with Gasteiger partial charge in [-0.3, -0.25) is 0 Å². The molecule has 1 unspecified atom stereocenters. The quantitative estimate of drug-likeness (QED) is 0.389. The smallest absolute Gasteiger partial charge is 0.250 e. The molecule has 0 saturated carbocycles. The number of rotatable bonds is 8. The van der Waals surface area contributed by atoms with Crippen LogP contribution in [0.1, 0.15) is 50.7 Å². The van der Waals surface area contributed by atoms with Crippen molar-refractivity contribution in [1.29, 1.82) is 0 Å². The summed E-state index contributed by atoms with van der Waals surface area (Å²) in [6.45, 7) is 12.2. The molecule has 0 fully saturated rings. The lowest BCUT2D eigenvalue weighted by Crippen LogP contribution is -2.43. The highest BCUT2D eigenvalue weighted by atomic mass is 28.4. The highest BCUT2D eigenvalue weighted by molar-refractivity contribution is 6.74. The van der Waals surface area contributed by atoms with E-state index in [4.69, 9.17) is 10.2 Å². The second-order valence-electron chi connectivity index (χ2n) is 9.95. The lowest BCUT2D eigenvalue weighted by atomic mass is 9.87. The second kappa shape index (κ2) is 9.36. The number of benzene rings is 3. The van der Waals surface area contributed by atoms with Crippen LogP contribution in [0.5, 0.6) is 5.75 Å². The monoisotopic (exact) mass is 419 g/mol. The molecule has 0 aliphatic rings. The predicted octanol–water partition coefficient (Wildman–Crippen LogP) is 7.29. The summed E-state index contributed by atoms with van der Waals surface area (Å²) in [5, 5.41) is 2.72. The van der Waals surface area contributed by atoms with E-state index in [1.807, 2.05) is 0 Å². The molecule has 1 atom stereocenters. The van der Waals surface area contributed by atoms with Gasteiger partial charge in [0.1, 0.15) is 5.75 Å². The SMILES string of the molecule is CC(C)(C)[Si](C)(C)Oc1ccc2cc(C(CCCN)Cc3ccccc3)ccc2c1. The molecule has 3 heteroatoms. The van der Waals surface area contributed by atoms with Gasteiger partial charge in [-0.25, -0.2) is 0 Å². The fourth-order valence-electron chi connectivity index (χ4n) is 3.66. The Kier molecular flexibility index (Phi) is 7.05. The van der Waals surface area contributed by atoms with E-state index >= 15 is 0 Å². The van der Waals surface area contributed by atoms with Gasteiger partial charge >= 0.3 is 0 Å². The molecular weight excluding hydrogens is 382 g/mol. The van der Waals surface area contributed by atoms with Gasteiger partial charge < -0.3 is 10.2 Å². The summed E-state index contributed by atoms with van der Waals surface area (Å²) in [6.07, 6.45) is 3.22. The van der Waals surface area contributed by atoms with Gasteiger partial charge in [0, 0.05) is 0 Å². The number of fused-ring (bicyclic) bond motifs is 1. The normalized spacial score (nSPS) is 13.4. The standard InChI is InChI=1S/C27H37NOSi/c1-27(2,3)30(4,5)29-26-16-15-24-19-23(13-14-25(24)20-26)22(12-9-17-28)18-21-10-7-6-8-11-21/h6-8,10-11,13-16,19-20,22H,9,12,17-18,28H2,1-5H3. The van der Waals surface area contributed by atoms with Crippen molar-refractivity contribution < 1.29 is 4.43 Å². The minimum absolute atomic E-state index is 0.194. The highest BCUT2D eigenvalue weighted by Crippen LogP contribution is 2.38. The van der Waals surface area contributed by atoms with E-state index in [1.54, 1.807) is 0 Å². The molecule has 160 valence electrons. The van der Waals surface area contributed by atoms with Crippen molar-refractivity contribution in [3.05, 3.63) is 77.9 Å². The van der Waals surface area contributed by atoms with Crippen molar-refractivity contribution in [3.8, 4) is 5.75 Å². The Labute approximate surface area is 183 Å². The van der Waals surface area contributed by atoms with Crippen LogP contribution >= 0.6 is 0 Å². The Balaban J connectivity index is 1.86. The summed E-state index contributed by atoms with van der Waals surface area (Å²) in [6, 6.07) is 24.2. The molecule has 30 heavy (non-hydrogen) atoms. The largest absolute Gasteiger partial charge is 0.543 e. The fraction of sp³-hybridized carbons (Fsp3) is 0.407. The molecule has 0 heterocycles. The van der Waals surface area contributed by atoms with Gasteiger partial charge in [0.05, 0.1) is 0 Å². The van der Waals surface area contributed by atoms with Crippen LogP contribution in [0.3, 0.4) is 0 Å². The molecular formula is C27H37NOSi. The number of nitrogens with two attached hydrogens (primary N) is 1. The van der Waals surface area contributed by atoms with Crippen LogP contribution in [0.25, 0.3) is 10.8 Å². The van der Waals surface area contributed by atoms with Crippen LogP contribution in [0, 0.1) is 0 Å². The summed E-state index contributed by atoms with van der Waals surface area (Å²) < 4.78 is 6.51. The molecule has 3 aromatic carbocycles. The molecule has 0 spiro atoms. The highest BCUT2D eigenvalue weighted by Gasteiger charge is 2.38. The fourth-order valence-corrected chi connectivity index (χ4v) is 4.68. The molecule has 0 radical (unpaired) electrons. The molecule has 0 aliphatic heterocycles. The third-order valence-electron chi connectivity index (χ3n) is 6.57. The third-order valence-corrected chi connectivity index (χ3v) is 10.9. The maximum absolute atomic E-state index is 6.51. The molecule has 0 amide bonds. The number of hydrogen-bond donors (Lipinski definition) is 1. The average molecular weight is 420 g/mol. The van der Waals surface area contributed by atoms with Crippen LogP contribution < -0.4 is 10.2 Å². The van der Waals surface area contributed by atoms with Crippen LogP contribution in [-0.4, -0.2) is 14.9 Å². The Morgan fingerprint density at radius 1 is 0.900 bits per heavy atom. The summed E-state index contributed by atoms with van der Waals surface area (Å²) >= 11 is 0. The number of hydrogen-bond acceptors (Lipinski definition) is 2. The second-order valence-corrected chi connectivity index (χ2v) is 14.7. The summed E-state index contributed by atoms with van der Waals surface area (Å²) in [4.78, 5) is 0. The molecule has 0 bridgehead atoms. The molecule has 0 aromatic heterocycles. The van der Waals surface area contributed by atoms with Gasteiger partial charge in [0.2, 0.25) is 8.32 Å². The molecule has 0 saturated heterocycles. The molecule has 0 aliphatic carbocycles. The van der Waals surface area contributed by atoms with Crippen molar-refractivity contribution >= 4 is 19.1 Å². The average Bonchev–Trinajstić information content (AvgIpc) is 2.70.